The highest BCUT2D eigenvalue weighted by Crippen LogP contribution is 2.26. The minimum atomic E-state index is -0.714. The molecule has 0 spiro atoms. The number of anilines is 2. The van der Waals surface area contributed by atoms with Crippen LogP contribution in [0.4, 0.5) is 20.4 Å². The maximum Gasteiger partial charge on any atom is 0.338 e. The van der Waals surface area contributed by atoms with E-state index < -0.39 is 17.6 Å². The van der Waals surface area contributed by atoms with E-state index in [0.29, 0.717) is 16.6 Å². The lowest BCUT2D eigenvalue weighted by molar-refractivity contribution is 0.0526. The lowest BCUT2D eigenvalue weighted by atomic mass is 10.2. The first-order valence-electron chi connectivity index (χ1n) is 7.36. The number of benzene rings is 2. The van der Waals surface area contributed by atoms with Crippen LogP contribution in [0.1, 0.15) is 17.3 Å². The third-order valence-corrected chi connectivity index (χ3v) is 3.59. The van der Waals surface area contributed by atoms with E-state index in [2.05, 4.69) is 10.3 Å². The molecule has 0 amide bonds. The molecule has 1 N–H and O–H groups in total. The van der Waals surface area contributed by atoms with Gasteiger partial charge in [0.15, 0.2) is 0 Å². The van der Waals surface area contributed by atoms with Crippen molar-refractivity contribution in [1.82, 2.24) is 9.55 Å². The Kier molecular flexibility index (Phi) is 4.16. The molecule has 0 saturated carbocycles. The van der Waals surface area contributed by atoms with Gasteiger partial charge >= 0.3 is 5.97 Å². The van der Waals surface area contributed by atoms with Gasteiger partial charge in [-0.1, -0.05) is 6.07 Å². The second-order valence-electron chi connectivity index (χ2n) is 5.14. The maximum absolute atomic E-state index is 13.8. The van der Waals surface area contributed by atoms with Crippen molar-refractivity contribution in [2.24, 2.45) is 7.05 Å². The van der Waals surface area contributed by atoms with Crippen LogP contribution in [0.2, 0.25) is 0 Å². The zero-order valence-electron chi connectivity index (χ0n) is 13.1. The number of halogens is 2. The van der Waals surface area contributed by atoms with Crippen LogP contribution in [0, 0.1) is 11.6 Å². The zero-order valence-corrected chi connectivity index (χ0v) is 13.1. The summed E-state index contributed by atoms with van der Waals surface area (Å²) in [4.78, 5) is 16.1. The number of rotatable bonds is 4. The molecular formula is C17H15F2N3O2. The number of esters is 1. The lowest BCUT2D eigenvalue weighted by Gasteiger charge is -2.08. The van der Waals surface area contributed by atoms with Crippen LogP contribution in [0.25, 0.3) is 11.0 Å². The number of para-hydroxylation sites is 1. The number of aromatic nitrogens is 2. The minimum absolute atomic E-state index is 0.259. The molecular weight excluding hydrogens is 316 g/mol. The molecule has 2 aromatic carbocycles. The van der Waals surface area contributed by atoms with Gasteiger partial charge in [-0.15, -0.1) is 0 Å². The van der Waals surface area contributed by atoms with Crippen molar-refractivity contribution in [3.8, 4) is 0 Å². The number of fused-ring (bicyclic) bond motifs is 1. The Hall–Kier alpha value is -2.96. The van der Waals surface area contributed by atoms with Gasteiger partial charge in [-0.05, 0) is 37.3 Å². The summed E-state index contributed by atoms with van der Waals surface area (Å²) in [5, 5.41) is 2.66. The highest BCUT2D eigenvalue weighted by Gasteiger charge is 2.15. The number of hydrogen-bond acceptors (Lipinski definition) is 4. The zero-order chi connectivity index (χ0) is 17.3. The average molecular weight is 331 g/mol. The monoisotopic (exact) mass is 331 g/mol. The SMILES string of the molecule is CCOC(=O)c1ccc2c(c1)nc(Nc1c(F)cccc1F)n2C. The third kappa shape index (κ3) is 2.80. The van der Waals surface area contributed by atoms with Gasteiger partial charge < -0.3 is 14.6 Å². The number of carbonyl (C=O) groups excluding carboxylic acids is 1. The van der Waals surface area contributed by atoms with Gasteiger partial charge in [0.1, 0.15) is 17.3 Å². The minimum Gasteiger partial charge on any atom is -0.462 e. The van der Waals surface area contributed by atoms with Gasteiger partial charge in [0.2, 0.25) is 5.95 Å². The number of hydrogen-bond donors (Lipinski definition) is 1. The summed E-state index contributed by atoms with van der Waals surface area (Å²) in [6.07, 6.45) is 0. The van der Waals surface area contributed by atoms with Crippen LogP contribution in [-0.4, -0.2) is 22.1 Å². The van der Waals surface area contributed by atoms with Gasteiger partial charge in [0.05, 0.1) is 23.2 Å². The van der Waals surface area contributed by atoms with Crippen molar-refractivity contribution in [2.45, 2.75) is 6.92 Å². The number of nitrogens with one attached hydrogen (secondary N) is 1. The first-order chi connectivity index (χ1) is 11.5. The van der Waals surface area contributed by atoms with Gasteiger partial charge in [0.25, 0.3) is 0 Å². The standard InChI is InChI=1S/C17H15F2N3O2/c1-3-24-16(23)10-7-8-14-13(9-10)20-17(22(14)2)21-15-11(18)5-4-6-12(15)19/h4-9H,3H2,1-2H3,(H,20,21). The first kappa shape index (κ1) is 15.9. The molecule has 24 heavy (non-hydrogen) atoms. The van der Waals surface area contributed by atoms with Crippen molar-refractivity contribution in [2.75, 3.05) is 11.9 Å². The Morgan fingerprint density at radius 2 is 1.96 bits per heavy atom. The second kappa shape index (κ2) is 6.27. The van der Waals surface area contributed by atoms with Gasteiger partial charge in [0, 0.05) is 7.05 Å². The lowest BCUT2D eigenvalue weighted by Crippen LogP contribution is -2.04. The summed E-state index contributed by atoms with van der Waals surface area (Å²) in [7, 11) is 1.71. The highest BCUT2D eigenvalue weighted by molar-refractivity contribution is 5.94. The maximum atomic E-state index is 13.8. The highest BCUT2D eigenvalue weighted by atomic mass is 19.1. The summed E-state index contributed by atoms with van der Waals surface area (Å²) in [5.41, 5.74) is 1.32. The van der Waals surface area contributed by atoms with E-state index >= 15 is 0 Å². The molecule has 5 nitrogen and oxygen atoms in total. The van der Waals surface area contributed by atoms with Gasteiger partial charge in [-0.25, -0.2) is 18.6 Å². The Bertz CT molecular complexity index is 901. The Morgan fingerprint density at radius 1 is 1.25 bits per heavy atom. The number of aryl methyl sites for hydroxylation is 1. The van der Waals surface area contributed by atoms with Crippen LogP contribution in [0.15, 0.2) is 36.4 Å². The number of carbonyl (C=O) groups is 1. The Balaban J connectivity index is 2.00. The quantitative estimate of drug-likeness (QED) is 0.739. The summed E-state index contributed by atoms with van der Waals surface area (Å²) in [6.45, 7) is 2.00. The molecule has 7 heteroatoms. The molecule has 0 saturated heterocycles. The van der Waals surface area contributed by atoms with E-state index in [9.17, 15) is 13.6 Å². The molecule has 0 radical (unpaired) electrons. The molecule has 0 aliphatic rings. The molecule has 0 aliphatic carbocycles. The average Bonchev–Trinajstić information content (AvgIpc) is 2.87. The normalized spacial score (nSPS) is 10.8. The van der Waals surface area contributed by atoms with Gasteiger partial charge in [-0.3, -0.25) is 0 Å². The van der Waals surface area contributed by atoms with Crippen molar-refractivity contribution in [1.29, 1.82) is 0 Å². The molecule has 0 aliphatic heterocycles. The smallest absolute Gasteiger partial charge is 0.338 e. The predicted octanol–water partition coefficient (Wildman–Crippen LogP) is 3.77. The van der Waals surface area contributed by atoms with Crippen LogP contribution >= 0.6 is 0 Å². The summed E-state index contributed by atoms with van der Waals surface area (Å²) >= 11 is 0. The van der Waals surface area contributed by atoms with Crippen molar-refractivity contribution in [3.05, 3.63) is 53.6 Å². The molecule has 0 fully saturated rings. The molecule has 3 rings (SSSR count). The predicted molar refractivity (Wildman–Crippen MR) is 86.3 cm³/mol. The number of imidazole rings is 1. The molecule has 0 unspecified atom stereocenters. The van der Waals surface area contributed by atoms with Crippen molar-refractivity contribution in [3.63, 3.8) is 0 Å². The fraction of sp³-hybridized carbons (Fsp3) is 0.176. The van der Waals surface area contributed by atoms with E-state index in [-0.39, 0.29) is 18.2 Å². The van der Waals surface area contributed by atoms with E-state index in [1.54, 1.807) is 36.7 Å². The summed E-state index contributed by atoms with van der Waals surface area (Å²) in [5.74, 6) is -1.61. The van der Waals surface area contributed by atoms with Crippen LogP contribution in [-0.2, 0) is 11.8 Å². The fourth-order valence-corrected chi connectivity index (χ4v) is 2.38. The first-order valence-corrected chi connectivity index (χ1v) is 7.36. The fourth-order valence-electron chi connectivity index (χ4n) is 2.38. The van der Waals surface area contributed by atoms with Gasteiger partial charge in [-0.2, -0.15) is 0 Å². The molecule has 1 aromatic heterocycles. The van der Waals surface area contributed by atoms with Crippen molar-refractivity contribution < 1.29 is 18.3 Å². The van der Waals surface area contributed by atoms with E-state index in [1.807, 2.05) is 0 Å². The second-order valence-corrected chi connectivity index (χ2v) is 5.14. The molecule has 1 heterocycles. The number of nitrogens with zero attached hydrogens (tertiary/aromatic N) is 2. The summed E-state index contributed by atoms with van der Waals surface area (Å²) in [6, 6.07) is 8.51. The van der Waals surface area contributed by atoms with Crippen LogP contribution < -0.4 is 5.32 Å². The van der Waals surface area contributed by atoms with E-state index in [4.69, 9.17) is 4.74 Å². The summed E-state index contributed by atoms with van der Waals surface area (Å²) < 4.78 is 34.2. The molecule has 0 atom stereocenters. The Morgan fingerprint density at radius 3 is 2.62 bits per heavy atom. The molecule has 3 aromatic rings. The third-order valence-electron chi connectivity index (χ3n) is 3.59. The van der Waals surface area contributed by atoms with Crippen LogP contribution in [0.3, 0.4) is 0 Å². The number of ether oxygens (including phenoxy) is 1. The largest absolute Gasteiger partial charge is 0.462 e. The Labute approximate surface area is 136 Å². The molecule has 124 valence electrons. The van der Waals surface area contributed by atoms with E-state index in [1.165, 1.54) is 6.07 Å². The van der Waals surface area contributed by atoms with Crippen molar-refractivity contribution >= 4 is 28.6 Å². The van der Waals surface area contributed by atoms with E-state index in [0.717, 1.165) is 12.1 Å². The molecule has 0 bridgehead atoms. The topological polar surface area (TPSA) is 56.1 Å². The van der Waals surface area contributed by atoms with Crippen LogP contribution in [0.5, 0.6) is 0 Å².